The Bertz CT molecular complexity index is 21.6. The van der Waals surface area contributed by atoms with Gasteiger partial charge in [-0.05, 0) is 0 Å². The van der Waals surface area contributed by atoms with Gasteiger partial charge in [-0.3, -0.25) is 4.94 Å². The Hall–Kier alpha value is 0.360. The van der Waals surface area contributed by atoms with Crippen LogP contribution in [-0.4, -0.2) is 29.6 Å². The molecule has 0 aromatic carbocycles. The second kappa shape index (κ2) is 8.84. The van der Waals surface area contributed by atoms with Gasteiger partial charge in [0.05, 0.1) is 0 Å². The summed E-state index contributed by atoms with van der Waals surface area (Å²) >= 11 is 0. The molecule has 5 heteroatoms. The summed E-state index contributed by atoms with van der Waals surface area (Å²) in [6.07, 6.45) is 0. The van der Waals surface area contributed by atoms with Crippen molar-refractivity contribution in [3.8, 4) is 0 Å². The first-order chi connectivity index (χ1) is 1.91. The first-order valence-corrected chi connectivity index (χ1v) is 0.601. The number of nitrogens with zero attached hydrogens (tertiary/aromatic N) is 1. The summed E-state index contributed by atoms with van der Waals surface area (Å²) in [5, 5.41) is 1.76. The molecule has 0 aromatic heterocycles. The van der Waals surface area contributed by atoms with Gasteiger partial charge < -0.3 is 0 Å². The summed E-state index contributed by atoms with van der Waals surface area (Å²) in [4.78, 5) is 11.7. The van der Waals surface area contributed by atoms with Crippen molar-refractivity contribution >= 4 is 29.6 Å². The zero-order chi connectivity index (χ0) is 3.41. The average Bonchev–Trinajstić information content (AvgIpc) is 1.37. The van der Waals surface area contributed by atoms with Crippen LogP contribution in [-0.2, 0) is 4.94 Å². The second-order valence-corrected chi connectivity index (χ2v) is 0.180. The quantitative estimate of drug-likeness (QED) is 0.250. The van der Waals surface area contributed by atoms with Crippen LogP contribution in [0.3, 0.4) is 0 Å². The summed E-state index contributed by atoms with van der Waals surface area (Å²) in [5.41, 5.74) is 0. The van der Waals surface area contributed by atoms with E-state index >= 15 is 0 Å². The molecular weight excluding hydrogens is 83.0 g/mol. The van der Waals surface area contributed by atoms with Gasteiger partial charge in [0.15, 0.2) is 5.34 Å². The molecule has 0 spiro atoms. The van der Waals surface area contributed by atoms with E-state index in [1.807, 2.05) is 0 Å². The molecule has 0 aliphatic rings. The molecule has 0 saturated heterocycles. The maximum atomic E-state index is 8.58. The van der Waals surface area contributed by atoms with Crippen LogP contribution in [0.5, 0.6) is 0 Å². The predicted molar refractivity (Wildman–Crippen MR) is 18.2 cm³/mol. The molecule has 2 N–H and O–H groups in total. The fourth-order valence-corrected chi connectivity index (χ4v) is 0. The van der Waals surface area contributed by atoms with Gasteiger partial charge in [0.2, 0.25) is 0 Å². The molecule has 0 aliphatic carbocycles. The third kappa shape index (κ3) is 13.1. The molecule has 0 aliphatic heterocycles. The zero-order valence-electron chi connectivity index (χ0n) is 1.84. The molecule has 0 aromatic rings. The maximum absolute atomic E-state index is 8.58. The molecular formula is H3N2NaO2. The standard InChI is InChI=1S/H2N2O2.Na.H/c1-4-2-3;;/h1H2;;. The molecule has 0 atom stereocenters. The molecule has 0 amide bonds. The molecule has 0 bridgehead atoms. The van der Waals surface area contributed by atoms with Crippen molar-refractivity contribution in [3.05, 3.63) is 4.91 Å². The summed E-state index contributed by atoms with van der Waals surface area (Å²) < 4.78 is 0. The Kier molecular flexibility index (Phi) is 16.0. The SMILES string of the molecule is NON=O.[NaH]. The third-order valence-corrected chi connectivity index (χ3v) is 0.0430. The fourth-order valence-electron chi connectivity index (χ4n) is 0. The van der Waals surface area contributed by atoms with Crippen molar-refractivity contribution in [2.24, 2.45) is 11.2 Å². The molecule has 0 radical (unpaired) electrons. The van der Waals surface area contributed by atoms with Gasteiger partial charge in [-0.25, -0.2) is 0 Å². The van der Waals surface area contributed by atoms with Gasteiger partial charge in [-0.1, -0.05) is 0 Å². The van der Waals surface area contributed by atoms with Crippen LogP contribution in [0.4, 0.5) is 0 Å². The van der Waals surface area contributed by atoms with Crippen molar-refractivity contribution in [2.45, 2.75) is 0 Å². The zero-order valence-corrected chi connectivity index (χ0v) is 1.84. The summed E-state index contributed by atoms with van der Waals surface area (Å²) in [6, 6.07) is 0. The number of rotatable bonds is 1. The van der Waals surface area contributed by atoms with E-state index in [4.69, 9.17) is 4.91 Å². The van der Waals surface area contributed by atoms with E-state index in [1.54, 1.807) is 5.34 Å². The van der Waals surface area contributed by atoms with Crippen LogP contribution < -0.4 is 5.90 Å². The predicted octanol–water partition coefficient (Wildman–Crippen LogP) is -1.09. The summed E-state index contributed by atoms with van der Waals surface area (Å²) in [6.45, 7) is 0. The molecule has 0 unspecified atom stereocenters. The first kappa shape index (κ1) is 9.03. The van der Waals surface area contributed by atoms with E-state index in [2.05, 4.69) is 10.8 Å². The first-order valence-electron chi connectivity index (χ1n) is 0.601. The third-order valence-electron chi connectivity index (χ3n) is 0.0430. The Morgan fingerprint density at radius 2 is 2.00 bits per heavy atom. The van der Waals surface area contributed by atoms with E-state index in [1.165, 1.54) is 0 Å². The van der Waals surface area contributed by atoms with Crippen LogP contribution in [0.15, 0.2) is 5.34 Å². The van der Waals surface area contributed by atoms with Crippen molar-refractivity contribution in [1.29, 1.82) is 0 Å². The molecule has 26 valence electrons. The number of hydrogen-bond donors (Lipinski definition) is 1. The Labute approximate surface area is 50.8 Å². The van der Waals surface area contributed by atoms with Crippen LogP contribution in [0.1, 0.15) is 0 Å². The van der Waals surface area contributed by atoms with Gasteiger partial charge >= 0.3 is 29.6 Å². The van der Waals surface area contributed by atoms with Gasteiger partial charge in [0, 0.05) is 0 Å². The molecule has 5 heavy (non-hydrogen) atoms. The van der Waals surface area contributed by atoms with Crippen molar-refractivity contribution < 1.29 is 4.94 Å². The van der Waals surface area contributed by atoms with E-state index in [9.17, 15) is 0 Å². The molecule has 0 saturated carbocycles. The van der Waals surface area contributed by atoms with Crippen LogP contribution in [0, 0.1) is 4.91 Å². The van der Waals surface area contributed by atoms with Crippen molar-refractivity contribution in [1.82, 2.24) is 0 Å². The van der Waals surface area contributed by atoms with E-state index < -0.39 is 0 Å². The van der Waals surface area contributed by atoms with Gasteiger partial charge in [-0.2, -0.15) is 0 Å². The van der Waals surface area contributed by atoms with E-state index in [-0.39, 0.29) is 29.6 Å². The monoisotopic (exact) mass is 86.0 g/mol. The molecule has 4 nitrogen and oxygen atoms in total. The summed E-state index contributed by atoms with van der Waals surface area (Å²) in [5.74, 6) is 4.05. The minimum absolute atomic E-state index is 0. The summed E-state index contributed by atoms with van der Waals surface area (Å²) in [7, 11) is 0. The number of hydrogen-bond acceptors (Lipinski definition) is 4. The van der Waals surface area contributed by atoms with Gasteiger partial charge in [-0.15, -0.1) is 10.8 Å². The molecule has 0 fully saturated rings. The fraction of sp³-hybridized carbons (Fsp3) is 0. The van der Waals surface area contributed by atoms with Crippen LogP contribution in [0.25, 0.3) is 0 Å². The topological polar surface area (TPSA) is 64.7 Å². The second-order valence-electron chi connectivity index (χ2n) is 0.180. The molecule has 0 heterocycles. The van der Waals surface area contributed by atoms with Crippen LogP contribution in [0.2, 0.25) is 0 Å². The Balaban J connectivity index is 0. The van der Waals surface area contributed by atoms with Gasteiger partial charge in [0.25, 0.3) is 0 Å². The van der Waals surface area contributed by atoms with E-state index in [0.717, 1.165) is 0 Å². The molecule has 0 rings (SSSR count). The average molecular weight is 86.0 g/mol. The normalized spacial score (nSPS) is 4.20. The number of nitrogens with two attached hydrogens (primary N) is 1. The van der Waals surface area contributed by atoms with Crippen molar-refractivity contribution in [2.75, 3.05) is 0 Å². The van der Waals surface area contributed by atoms with Crippen LogP contribution >= 0.6 is 0 Å². The van der Waals surface area contributed by atoms with Crippen molar-refractivity contribution in [3.63, 3.8) is 0 Å². The van der Waals surface area contributed by atoms with E-state index in [0.29, 0.717) is 0 Å². The Morgan fingerprint density at radius 1 is 1.80 bits per heavy atom. The Morgan fingerprint density at radius 3 is 2.00 bits per heavy atom. The van der Waals surface area contributed by atoms with Gasteiger partial charge in [0.1, 0.15) is 0 Å². The minimum atomic E-state index is 0.